The van der Waals surface area contributed by atoms with Crippen LogP contribution in [0.1, 0.15) is 31.5 Å². The normalized spacial score (nSPS) is 12.1. The van der Waals surface area contributed by atoms with Crippen LogP contribution >= 0.6 is 11.8 Å². The van der Waals surface area contributed by atoms with Crippen LogP contribution in [0.4, 0.5) is 0 Å². The summed E-state index contributed by atoms with van der Waals surface area (Å²) >= 11 is 1.48. The minimum absolute atomic E-state index is 0.0595. The van der Waals surface area contributed by atoms with Crippen molar-refractivity contribution in [3.8, 4) is 0 Å². The van der Waals surface area contributed by atoms with Crippen LogP contribution in [0, 0.1) is 6.92 Å². The van der Waals surface area contributed by atoms with E-state index in [9.17, 15) is 8.42 Å². The minimum atomic E-state index is -3.76. The minimum Gasteiger partial charge on any atom is -0.425 e. The Labute approximate surface area is 149 Å². The SMILES string of the molecule is CCCCn1c(SCc2nnc(C)o2)nc2cc(S(N)(=O)=O)ccc21. The molecule has 0 fully saturated rings. The number of nitrogens with zero attached hydrogens (tertiary/aromatic N) is 4. The van der Waals surface area contributed by atoms with Crippen molar-refractivity contribution in [2.75, 3.05) is 0 Å². The molecule has 0 bridgehead atoms. The van der Waals surface area contributed by atoms with Gasteiger partial charge in [0.15, 0.2) is 5.16 Å². The Bertz CT molecular complexity index is 994. The fourth-order valence-corrected chi connectivity index (χ4v) is 3.84. The third-order valence-electron chi connectivity index (χ3n) is 3.64. The summed E-state index contributed by atoms with van der Waals surface area (Å²) < 4.78 is 30.6. The van der Waals surface area contributed by atoms with Crippen molar-refractivity contribution in [3.63, 3.8) is 0 Å². The number of aromatic nitrogens is 4. The number of primary sulfonamides is 1. The first-order valence-electron chi connectivity index (χ1n) is 7.83. The molecule has 2 N–H and O–H groups in total. The van der Waals surface area contributed by atoms with E-state index in [4.69, 9.17) is 9.56 Å². The number of fused-ring (bicyclic) bond motifs is 1. The van der Waals surface area contributed by atoms with E-state index in [-0.39, 0.29) is 4.90 Å². The Morgan fingerprint density at radius 1 is 1.32 bits per heavy atom. The predicted molar refractivity (Wildman–Crippen MR) is 94.6 cm³/mol. The molecule has 0 aliphatic heterocycles. The summed E-state index contributed by atoms with van der Waals surface area (Å²) in [4.78, 5) is 4.64. The molecule has 3 rings (SSSR count). The van der Waals surface area contributed by atoms with Crippen LogP contribution in [0.25, 0.3) is 11.0 Å². The summed E-state index contributed by atoms with van der Waals surface area (Å²) in [5.74, 6) is 1.55. The van der Waals surface area contributed by atoms with Crippen molar-refractivity contribution in [1.82, 2.24) is 19.7 Å². The average Bonchev–Trinajstić information content (AvgIpc) is 3.12. The monoisotopic (exact) mass is 381 g/mol. The van der Waals surface area contributed by atoms with E-state index in [1.54, 1.807) is 13.0 Å². The van der Waals surface area contributed by atoms with E-state index in [1.165, 1.54) is 23.9 Å². The van der Waals surface area contributed by atoms with E-state index in [2.05, 4.69) is 26.7 Å². The van der Waals surface area contributed by atoms with E-state index < -0.39 is 10.0 Å². The second kappa shape index (κ2) is 7.14. The molecule has 8 nitrogen and oxygen atoms in total. The summed E-state index contributed by atoms with van der Waals surface area (Å²) in [5.41, 5.74) is 1.48. The maximum Gasteiger partial charge on any atom is 0.238 e. The van der Waals surface area contributed by atoms with Gasteiger partial charge in [0.25, 0.3) is 0 Å². The molecule has 2 aromatic heterocycles. The van der Waals surface area contributed by atoms with Crippen LogP contribution < -0.4 is 5.14 Å². The van der Waals surface area contributed by atoms with Crippen molar-refractivity contribution >= 4 is 32.8 Å². The fourth-order valence-electron chi connectivity index (χ4n) is 2.43. The van der Waals surface area contributed by atoms with Gasteiger partial charge in [-0.25, -0.2) is 18.5 Å². The maximum atomic E-state index is 11.6. The topological polar surface area (TPSA) is 117 Å². The zero-order valence-electron chi connectivity index (χ0n) is 14.0. The molecule has 0 aliphatic carbocycles. The molecule has 0 saturated carbocycles. The number of nitrogens with two attached hydrogens (primary N) is 1. The number of imidazole rings is 1. The van der Waals surface area contributed by atoms with Gasteiger partial charge in [-0.05, 0) is 24.6 Å². The summed E-state index contributed by atoms with van der Waals surface area (Å²) in [6, 6.07) is 4.77. The van der Waals surface area contributed by atoms with Crippen molar-refractivity contribution < 1.29 is 12.8 Å². The first-order chi connectivity index (χ1) is 11.9. The van der Waals surface area contributed by atoms with Crippen molar-refractivity contribution in [2.45, 2.75) is 49.0 Å². The van der Waals surface area contributed by atoms with Gasteiger partial charge in [-0.1, -0.05) is 25.1 Å². The molecule has 134 valence electrons. The highest BCUT2D eigenvalue weighted by Gasteiger charge is 2.16. The molecule has 0 spiro atoms. The highest BCUT2D eigenvalue weighted by Crippen LogP contribution is 2.28. The zero-order valence-corrected chi connectivity index (χ0v) is 15.6. The fraction of sp³-hybridized carbons (Fsp3) is 0.400. The Morgan fingerprint density at radius 2 is 2.12 bits per heavy atom. The average molecular weight is 381 g/mol. The third-order valence-corrected chi connectivity index (χ3v) is 5.51. The number of sulfonamides is 1. The molecule has 0 saturated heterocycles. The summed E-state index contributed by atoms with van der Waals surface area (Å²) in [5, 5.41) is 13.8. The van der Waals surface area contributed by atoms with Gasteiger partial charge in [-0.3, -0.25) is 0 Å². The highest BCUT2D eigenvalue weighted by atomic mass is 32.2. The second-order valence-corrected chi connectivity index (χ2v) is 8.10. The standard InChI is InChI=1S/C15H19N5O3S2/c1-3-4-7-20-13-6-5-11(25(16,21)22)8-12(13)17-15(20)24-9-14-19-18-10(2)23-14/h5-6,8H,3-4,7,9H2,1-2H3,(H2,16,21,22). The lowest BCUT2D eigenvalue weighted by Crippen LogP contribution is -2.11. The summed E-state index contributed by atoms with van der Waals surface area (Å²) in [7, 11) is -3.76. The molecular weight excluding hydrogens is 362 g/mol. The molecule has 1 aromatic carbocycles. The maximum absolute atomic E-state index is 11.6. The molecule has 10 heteroatoms. The molecule has 0 aliphatic rings. The number of hydrogen-bond donors (Lipinski definition) is 1. The van der Waals surface area contributed by atoms with Gasteiger partial charge in [0.2, 0.25) is 21.8 Å². The molecule has 0 atom stereocenters. The highest BCUT2D eigenvalue weighted by molar-refractivity contribution is 7.98. The molecule has 25 heavy (non-hydrogen) atoms. The van der Waals surface area contributed by atoms with Crippen molar-refractivity contribution in [2.24, 2.45) is 5.14 Å². The van der Waals surface area contributed by atoms with E-state index >= 15 is 0 Å². The van der Waals surface area contributed by atoms with Crippen LogP contribution in [-0.4, -0.2) is 28.2 Å². The number of rotatable bonds is 7. The first-order valence-corrected chi connectivity index (χ1v) is 10.4. The third kappa shape index (κ3) is 4.02. The molecule has 2 heterocycles. The molecular formula is C15H19N5O3S2. The lowest BCUT2D eigenvalue weighted by molar-refractivity contribution is 0.485. The smallest absolute Gasteiger partial charge is 0.238 e. The van der Waals surface area contributed by atoms with Gasteiger partial charge in [0, 0.05) is 13.5 Å². The lowest BCUT2D eigenvalue weighted by atomic mass is 10.3. The Balaban J connectivity index is 1.96. The van der Waals surface area contributed by atoms with Gasteiger partial charge >= 0.3 is 0 Å². The molecule has 0 unspecified atom stereocenters. The van der Waals surface area contributed by atoms with Gasteiger partial charge in [0.1, 0.15) is 0 Å². The van der Waals surface area contributed by atoms with E-state index in [0.29, 0.717) is 23.1 Å². The summed E-state index contributed by atoms with van der Waals surface area (Å²) in [6.07, 6.45) is 2.04. The molecule has 3 aromatic rings. The van der Waals surface area contributed by atoms with Gasteiger partial charge in [-0.15, -0.1) is 10.2 Å². The largest absolute Gasteiger partial charge is 0.425 e. The number of aryl methyl sites for hydroxylation is 2. The Kier molecular flexibility index (Phi) is 5.11. The van der Waals surface area contributed by atoms with Crippen LogP contribution in [-0.2, 0) is 22.3 Å². The van der Waals surface area contributed by atoms with Crippen LogP contribution in [0.15, 0.2) is 32.7 Å². The van der Waals surface area contributed by atoms with Crippen molar-refractivity contribution in [3.05, 3.63) is 30.0 Å². The van der Waals surface area contributed by atoms with Gasteiger partial charge < -0.3 is 8.98 Å². The van der Waals surface area contributed by atoms with Gasteiger partial charge in [-0.2, -0.15) is 0 Å². The number of hydrogen-bond acceptors (Lipinski definition) is 7. The molecule has 0 radical (unpaired) electrons. The van der Waals surface area contributed by atoms with E-state index in [0.717, 1.165) is 30.1 Å². The van der Waals surface area contributed by atoms with Crippen LogP contribution in [0.5, 0.6) is 0 Å². The van der Waals surface area contributed by atoms with Crippen LogP contribution in [0.2, 0.25) is 0 Å². The number of benzene rings is 1. The summed E-state index contributed by atoms with van der Waals surface area (Å²) in [6.45, 7) is 4.66. The lowest BCUT2D eigenvalue weighted by Gasteiger charge is -2.07. The number of thioether (sulfide) groups is 1. The zero-order chi connectivity index (χ0) is 18.0. The first kappa shape index (κ1) is 17.9. The Hall–Kier alpha value is -1.91. The quantitative estimate of drug-likeness (QED) is 0.625. The predicted octanol–water partition coefficient (Wildman–Crippen LogP) is 2.47. The van der Waals surface area contributed by atoms with Crippen LogP contribution in [0.3, 0.4) is 0 Å². The van der Waals surface area contributed by atoms with Gasteiger partial charge in [0.05, 0.1) is 21.7 Å². The number of unbranched alkanes of at least 4 members (excludes halogenated alkanes) is 1. The second-order valence-electron chi connectivity index (χ2n) is 5.60. The Morgan fingerprint density at radius 3 is 2.76 bits per heavy atom. The molecule has 0 amide bonds. The van der Waals surface area contributed by atoms with E-state index in [1.807, 2.05) is 0 Å². The van der Waals surface area contributed by atoms with Crippen molar-refractivity contribution in [1.29, 1.82) is 0 Å².